The summed E-state index contributed by atoms with van der Waals surface area (Å²) in [7, 11) is 1.47. The zero-order valence-corrected chi connectivity index (χ0v) is 14.9. The van der Waals surface area contributed by atoms with Gasteiger partial charge in [-0.25, -0.2) is 5.43 Å². The smallest absolute Gasteiger partial charge is 0.461 e. The molecule has 2 rings (SSSR count). The first-order valence-corrected chi connectivity index (χ1v) is 7.95. The molecule has 0 saturated heterocycles. The van der Waals surface area contributed by atoms with Gasteiger partial charge in [0.2, 0.25) is 0 Å². The number of methoxy groups -OCH3 is 1. The summed E-state index contributed by atoms with van der Waals surface area (Å²) in [6.07, 6.45) is -7.61. The van der Waals surface area contributed by atoms with Crippen molar-refractivity contribution in [3.05, 3.63) is 54.1 Å². The molecule has 11 heteroatoms. The maximum Gasteiger partial charge on any atom is 0.461 e. The van der Waals surface area contributed by atoms with E-state index in [-0.39, 0.29) is 0 Å². The number of halogens is 4. The molecular formula is C18H15F4N3O4. The Bertz CT molecular complexity index is 906. The van der Waals surface area contributed by atoms with Crippen LogP contribution in [0.3, 0.4) is 0 Å². The van der Waals surface area contributed by atoms with Gasteiger partial charge in [0.15, 0.2) is 0 Å². The van der Waals surface area contributed by atoms with Crippen LogP contribution in [0, 0.1) is 0 Å². The number of hydrazone groups is 1. The van der Waals surface area contributed by atoms with E-state index in [0.29, 0.717) is 11.3 Å². The molecule has 0 aromatic heterocycles. The Hall–Kier alpha value is -3.63. The van der Waals surface area contributed by atoms with Crippen molar-refractivity contribution in [1.82, 2.24) is 5.43 Å². The first kappa shape index (κ1) is 21.7. The van der Waals surface area contributed by atoms with Crippen molar-refractivity contribution in [2.24, 2.45) is 5.10 Å². The Kier molecular flexibility index (Phi) is 7.12. The maximum atomic E-state index is 13.1. The van der Waals surface area contributed by atoms with Gasteiger partial charge in [-0.1, -0.05) is 24.3 Å². The molecule has 0 atom stereocenters. The summed E-state index contributed by atoms with van der Waals surface area (Å²) in [6.45, 7) is 0. The zero-order chi connectivity index (χ0) is 21.4. The van der Waals surface area contributed by atoms with Crippen molar-refractivity contribution in [2.75, 3.05) is 12.4 Å². The van der Waals surface area contributed by atoms with E-state index in [1.54, 1.807) is 24.3 Å². The first-order valence-electron chi connectivity index (χ1n) is 7.95. The molecular weight excluding hydrogens is 398 g/mol. The lowest BCUT2D eigenvalue weighted by molar-refractivity contribution is -0.252. The largest absolute Gasteiger partial charge is 0.497 e. The second kappa shape index (κ2) is 9.53. The average molecular weight is 413 g/mol. The summed E-state index contributed by atoms with van der Waals surface area (Å²) < 4.78 is 59.8. The molecule has 0 saturated carbocycles. The quantitative estimate of drug-likeness (QED) is 0.316. The fourth-order valence-corrected chi connectivity index (χ4v) is 1.97. The molecule has 29 heavy (non-hydrogen) atoms. The van der Waals surface area contributed by atoms with Crippen LogP contribution < -0.4 is 20.2 Å². The van der Waals surface area contributed by atoms with Gasteiger partial charge in [0.1, 0.15) is 11.5 Å². The van der Waals surface area contributed by atoms with Gasteiger partial charge in [-0.15, -0.1) is 0 Å². The fourth-order valence-electron chi connectivity index (χ4n) is 1.97. The van der Waals surface area contributed by atoms with E-state index in [4.69, 9.17) is 4.74 Å². The third-order valence-electron chi connectivity index (χ3n) is 3.32. The number of para-hydroxylation sites is 2. The maximum absolute atomic E-state index is 13.1. The number of alkyl halides is 4. The van der Waals surface area contributed by atoms with E-state index >= 15 is 0 Å². The number of ether oxygens (including phenoxy) is 2. The number of carbonyl (C=O) groups is 2. The van der Waals surface area contributed by atoms with E-state index < -0.39 is 35.8 Å². The van der Waals surface area contributed by atoms with E-state index in [9.17, 15) is 27.2 Å². The van der Waals surface area contributed by atoms with Crippen LogP contribution in [0.5, 0.6) is 11.5 Å². The Labute approximate surface area is 162 Å². The van der Waals surface area contributed by atoms with Gasteiger partial charge in [-0.2, -0.15) is 22.7 Å². The molecule has 0 bridgehead atoms. The van der Waals surface area contributed by atoms with Crippen LogP contribution in [0.4, 0.5) is 23.2 Å². The van der Waals surface area contributed by atoms with Gasteiger partial charge in [-0.05, 0) is 29.8 Å². The Morgan fingerprint density at radius 1 is 1.10 bits per heavy atom. The molecule has 0 radical (unpaired) electrons. The van der Waals surface area contributed by atoms with E-state index in [1.165, 1.54) is 25.5 Å². The third kappa shape index (κ3) is 6.19. The van der Waals surface area contributed by atoms with Crippen LogP contribution in [0.25, 0.3) is 0 Å². The van der Waals surface area contributed by atoms with Crippen molar-refractivity contribution in [1.29, 1.82) is 0 Å². The predicted molar refractivity (Wildman–Crippen MR) is 95.4 cm³/mol. The van der Waals surface area contributed by atoms with Crippen LogP contribution in [0.15, 0.2) is 53.6 Å². The van der Waals surface area contributed by atoms with Gasteiger partial charge in [-0.3, -0.25) is 9.59 Å². The lowest BCUT2D eigenvalue weighted by Gasteiger charge is -2.19. The molecule has 7 nitrogen and oxygen atoms in total. The van der Waals surface area contributed by atoms with Crippen LogP contribution in [0.1, 0.15) is 5.56 Å². The summed E-state index contributed by atoms with van der Waals surface area (Å²) in [5.74, 6) is -2.68. The number of carbonyl (C=O) groups excluding carboxylic acids is 2. The van der Waals surface area contributed by atoms with E-state index in [1.807, 2.05) is 10.7 Å². The van der Waals surface area contributed by atoms with Crippen molar-refractivity contribution < 1.29 is 36.6 Å². The molecule has 0 heterocycles. The molecule has 2 amide bonds. The average Bonchev–Trinajstić information content (AvgIpc) is 2.69. The topological polar surface area (TPSA) is 89.0 Å². The van der Waals surface area contributed by atoms with Gasteiger partial charge in [0.25, 0.3) is 0 Å². The van der Waals surface area contributed by atoms with Crippen LogP contribution >= 0.6 is 0 Å². The number of hydrogen-bond acceptors (Lipinski definition) is 5. The minimum absolute atomic E-state index is 0.398. The summed E-state index contributed by atoms with van der Waals surface area (Å²) in [5.41, 5.74) is 2.11. The third-order valence-corrected chi connectivity index (χ3v) is 3.32. The lowest BCUT2D eigenvalue weighted by atomic mass is 10.2. The Balaban J connectivity index is 2.01. The molecule has 0 aliphatic rings. The molecule has 0 unspecified atom stereocenters. The van der Waals surface area contributed by atoms with Gasteiger partial charge >= 0.3 is 24.3 Å². The molecule has 2 N–H and O–H groups in total. The second-order valence-electron chi connectivity index (χ2n) is 5.39. The number of amides is 2. The summed E-state index contributed by atoms with van der Waals surface area (Å²) in [6, 6.07) is 11.2. The van der Waals surface area contributed by atoms with E-state index in [0.717, 1.165) is 12.1 Å². The molecule has 0 spiro atoms. The van der Waals surface area contributed by atoms with E-state index in [2.05, 4.69) is 9.84 Å². The molecule has 0 fully saturated rings. The highest BCUT2D eigenvalue weighted by Crippen LogP contribution is 2.32. The minimum atomic E-state index is -4.77. The molecule has 2 aromatic rings. The van der Waals surface area contributed by atoms with Crippen molar-refractivity contribution in [3.8, 4) is 11.5 Å². The number of rotatable bonds is 7. The minimum Gasteiger partial charge on any atom is -0.497 e. The lowest BCUT2D eigenvalue weighted by Crippen LogP contribution is -2.35. The van der Waals surface area contributed by atoms with Crippen molar-refractivity contribution in [2.45, 2.75) is 12.5 Å². The monoisotopic (exact) mass is 413 g/mol. The predicted octanol–water partition coefficient (Wildman–Crippen LogP) is 3.02. The summed E-state index contributed by atoms with van der Waals surface area (Å²) in [4.78, 5) is 23.7. The first-order chi connectivity index (χ1) is 13.7. The zero-order valence-electron chi connectivity index (χ0n) is 14.9. The van der Waals surface area contributed by atoms with Crippen LogP contribution in [0.2, 0.25) is 0 Å². The van der Waals surface area contributed by atoms with Gasteiger partial charge in [0.05, 0.1) is 19.0 Å². The molecule has 2 aromatic carbocycles. The molecule has 0 aliphatic carbocycles. The summed E-state index contributed by atoms with van der Waals surface area (Å²) >= 11 is 0. The SMILES string of the molecule is COc1cccc(/C=N\NC(=O)C(=O)Nc2ccccc2OC(F)(F)C(F)F)c1. The highest BCUT2D eigenvalue weighted by Gasteiger charge is 2.44. The normalized spacial score (nSPS) is 11.4. The number of nitrogens with one attached hydrogen (secondary N) is 2. The fraction of sp³-hybridized carbons (Fsp3) is 0.167. The standard InChI is InChI=1S/C18H15F4N3O4/c1-28-12-6-4-5-11(9-12)10-23-25-16(27)15(26)24-13-7-2-3-8-14(13)29-18(21,22)17(19)20/h2-10,17H,1H3,(H,24,26)(H,25,27)/b23-10-. The van der Waals surface area contributed by atoms with Crippen molar-refractivity contribution >= 4 is 23.7 Å². The second-order valence-corrected chi connectivity index (χ2v) is 5.39. The van der Waals surface area contributed by atoms with Crippen molar-refractivity contribution in [3.63, 3.8) is 0 Å². The van der Waals surface area contributed by atoms with Gasteiger partial charge < -0.3 is 14.8 Å². The number of anilines is 1. The molecule has 154 valence electrons. The number of benzene rings is 2. The highest BCUT2D eigenvalue weighted by atomic mass is 19.3. The Morgan fingerprint density at radius 2 is 1.83 bits per heavy atom. The highest BCUT2D eigenvalue weighted by molar-refractivity contribution is 6.39. The summed E-state index contributed by atoms with van der Waals surface area (Å²) in [5, 5.41) is 5.58. The molecule has 0 aliphatic heterocycles. The van der Waals surface area contributed by atoms with Gasteiger partial charge in [0, 0.05) is 0 Å². The number of nitrogens with zero attached hydrogens (tertiary/aromatic N) is 1. The number of hydrogen-bond donors (Lipinski definition) is 2. The Morgan fingerprint density at radius 3 is 2.52 bits per heavy atom. The van der Waals surface area contributed by atoms with Crippen LogP contribution in [-0.2, 0) is 9.59 Å². The van der Waals surface area contributed by atoms with Crippen LogP contribution in [-0.4, -0.2) is 37.7 Å².